The van der Waals surface area contributed by atoms with Gasteiger partial charge in [-0.2, -0.15) is 0 Å². The fourth-order valence-electron chi connectivity index (χ4n) is 2.96. The lowest BCUT2D eigenvalue weighted by Gasteiger charge is -2.36. The van der Waals surface area contributed by atoms with Crippen LogP contribution in [0.2, 0.25) is 0 Å². The van der Waals surface area contributed by atoms with Gasteiger partial charge in [0.1, 0.15) is 0 Å². The van der Waals surface area contributed by atoms with Crippen molar-refractivity contribution >= 4 is 5.91 Å². The van der Waals surface area contributed by atoms with Crippen LogP contribution in [-0.2, 0) is 4.79 Å². The van der Waals surface area contributed by atoms with Gasteiger partial charge >= 0.3 is 0 Å². The van der Waals surface area contributed by atoms with E-state index in [0.29, 0.717) is 0 Å². The molecule has 1 aliphatic rings. The maximum atomic E-state index is 12.6. The Bertz CT molecular complexity index is 455. The van der Waals surface area contributed by atoms with Crippen molar-refractivity contribution in [3.05, 3.63) is 35.9 Å². The average Bonchev–Trinajstić information content (AvgIpc) is 2.55. The predicted octanol–water partition coefficient (Wildman–Crippen LogP) is 2.28. The van der Waals surface area contributed by atoms with Crippen LogP contribution in [0.5, 0.6) is 0 Å². The monoisotopic (exact) mass is 303 g/mol. The Morgan fingerprint density at radius 3 is 2.41 bits per heavy atom. The molecule has 0 bridgehead atoms. The van der Waals surface area contributed by atoms with Gasteiger partial charge in [0.05, 0.1) is 12.1 Å². The number of carbonyl (C=O) groups is 1. The van der Waals surface area contributed by atoms with Gasteiger partial charge in [-0.05, 0) is 26.0 Å². The first kappa shape index (κ1) is 17.0. The molecule has 4 nitrogen and oxygen atoms in total. The molecule has 1 heterocycles. The Labute approximate surface area is 134 Å². The summed E-state index contributed by atoms with van der Waals surface area (Å²) in [6.07, 6.45) is 2.04. The van der Waals surface area contributed by atoms with Gasteiger partial charge in [0.15, 0.2) is 0 Å². The fourth-order valence-corrected chi connectivity index (χ4v) is 2.96. The third-order valence-electron chi connectivity index (χ3n) is 4.56. The molecular weight excluding hydrogens is 274 g/mol. The van der Waals surface area contributed by atoms with E-state index < -0.39 is 0 Å². The van der Waals surface area contributed by atoms with E-state index in [9.17, 15) is 4.79 Å². The molecule has 0 radical (unpaired) electrons. The van der Waals surface area contributed by atoms with Gasteiger partial charge in [0.25, 0.3) is 0 Å². The summed E-state index contributed by atoms with van der Waals surface area (Å²) in [4.78, 5) is 17.2. The van der Waals surface area contributed by atoms with Crippen LogP contribution >= 0.6 is 0 Å². The zero-order valence-corrected chi connectivity index (χ0v) is 14.1. The number of benzene rings is 1. The molecule has 22 heavy (non-hydrogen) atoms. The minimum absolute atomic E-state index is 0.0585. The third kappa shape index (κ3) is 4.55. The molecule has 0 spiro atoms. The van der Waals surface area contributed by atoms with Crippen molar-refractivity contribution in [3.63, 3.8) is 0 Å². The zero-order chi connectivity index (χ0) is 15.9. The van der Waals surface area contributed by atoms with Crippen LogP contribution in [0.4, 0.5) is 0 Å². The maximum Gasteiger partial charge on any atom is 0.237 e. The highest BCUT2D eigenvalue weighted by Crippen LogP contribution is 2.18. The van der Waals surface area contributed by atoms with Gasteiger partial charge < -0.3 is 10.2 Å². The van der Waals surface area contributed by atoms with E-state index in [1.165, 1.54) is 5.56 Å². The first-order chi connectivity index (χ1) is 10.6. The van der Waals surface area contributed by atoms with Crippen LogP contribution in [0.3, 0.4) is 0 Å². The second kappa shape index (κ2) is 8.30. The lowest BCUT2D eigenvalue weighted by Crippen LogP contribution is -2.53. The van der Waals surface area contributed by atoms with Gasteiger partial charge in [-0.3, -0.25) is 9.69 Å². The molecule has 0 aliphatic carbocycles. The minimum Gasteiger partial charge on any atom is -0.348 e. The number of nitrogens with zero attached hydrogens (tertiary/aromatic N) is 2. The van der Waals surface area contributed by atoms with Gasteiger partial charge in [-0.1, -0.05) is 43.7 Å². The Morgan fingerprint density at radius 2 is 1.82 bits per heavy atom. The fraction of sp³-hybridized carbons (Fsp3) is 0.611. The van der Waals surface area contributed by atoms with Gasteiger partial charge in [-0.25, -0.2) is 0 Å². The van der Waals surface area contributed by atoms with Crippen LogP contribution in [-0.4, -0.2) is 55.0 Å². The largest absolute Gasteiger partial charge is 0.348 e. The molecule has 1 N–H and O–H groups in total. The number of likely N-dealkylation sites (N-methyl/N-ethyl adjacent to an activating group) is 1. The summed E-state index contributed by atoms with van der Waals surface area (Å²) >= 11 is 0. The Hall–Kier alpha value is -1.39. The predicted molar refractivity (Wildman–Crippen MR) is 90.8 cm³/mol. The second-order valence-corrected chi connectivity index (χ2v) is 6.28. The average molecular weight is 303 g/mol. The van der Waals surface area contributed by atoms with E-state index in [4.69, 9.17) is 0 Å². The number of carbonyl (C=O) groups excluding carboxylic acids is 1. The van der Waals surface area contributed by atoms with Crippen LogP contribution in [0.15, 0.2) is 30.3 Å². The number of hydrogen-bond donors (Lipinski definition) is 1. The van der Waals surface area contributed by atoms with Gasteiger partial charge in [0.2, 0.25) is 5.91 Å². The van der Waals surface area contributed by atoms with Crippen molar-refractivity contribution < 1.29 is 4.79 Å². The Morgan fingerprint density at radius 1 is 1.18 bits per heavy atom. The summed E-state index contributed by atoms with van der Waals surface area (Å²) in [6, 6.07) is 10.3. The number of rotatable bonds is 6. The SMILES string of the molecule is CCC[C@@H](NC(=O)[C@@H](C)N1CCN(C)CC1)c1ccccc1. The summed E-state index contributed by atoms with van der Waals surface area (Å²) < 4.78 is 0. The first-order valence-corrected chi connectivity index (χ1v) is 8.39. The van der Waals surface area contributed by atoms with Gasteiger partial charge in [0, 0.05) is 26.2 Å². The number of piperazine rings is 1. The standard InChI is InChI=1S/C18H29N3O/c1-4-8-17(16-9-6-5-7-10-16)19-18(22)15(2)21-13-11-20(3)12-14-21/h5-7,9-10,15,17H,4,8,11-14H2,1-3H3,(H,19,22)/t15-,17-/m1/s1. The summed E-state index contributed by atoms with van der Waals surface area (Å²) in [5.41, 5.74) is 1.20. The number of nitrogens with one attached hydrogen (secondary N) is 1. The molecule has 0 aromatic heterocycles. The molecule has 1 saturated heterocycles. The third-order valence-corrected chi connectivity index (χ3v) is 4.56. The summed E-state index contributed by atoms with van der Waals surface area (Å²) in [7, 11) is 2.13. The highest BCUT2D eigenvalue weighted by molar-refractivity contribution is 5.81. The summed E-state index contributed by atoms with van der Waals surface area (Å²) in [6.45, 7) is 8.19. The van der Waals surface area contributed by atoms with Gasteiger partial charge in [-0.15, -0.1) is 0 Å². The summed E-state index contributed by atoms with van der Waals surface area (Å²) in [5.74, 6) is 0.145. The van der Waals surface area contributed by atoms with Crippen molar-refractivity contribution in [1.82, 2.24) is 15.1 Å². The Balaban J connectivity index is 1.95. The minimum atomic E-state index is -0.0585. The maximum absolute atomic E-state index is 12.6. The van der Waals surface area contributed by atoms with E-state index in [0.717, 1.165) is 39.0 Å². The molecule has 122 valence electrons. The molecule has 1 aliphatic heterocycles. The first-order valence-electron chi connectivity index (χ1n) is 8.39. The number of hydrogen-bond acceptors (Lipinski definition) is 3. The molecule has 1 fully saturated rings. The molecule has 0 unspecified atom stereocenters. The van der Waals surface area contributed by atoms with Crippen molar-refractivity contribution in [3.8, 4) is 0 Å². The van der Waals surface area contributed by atoms with Crippen molar-refractivity contribution in [2.24, 2.45) is 0 Å². The molecular formula is C18H29N3O. The van der Waals surface area contributed by atoms with E-state index in [-0.39, 0.29) is 18.0 Å². The normalized spacial score (nSPS) is 19.6. The molecule has 1 amide bonds. The van der Waals surface area contributed by atoms with Crippen molar-refractivity contribution in [2.45, 2.75) is 38.8 Å². The van der Waals surface area contributed by atoms with E-state index in [1.807, 2.05) is 25.1 Å². The lowest BCUT2D eigenvalue weighted by molar-refractivity contribution is -0.127. The Kier molecular flexibility index (Phi) is 6.40. The molecule has 2 atom stereocenters. The smallest absolute Gasteiger partial charge is 0.237 e. The van der Waals surface area contributed by atoms with Crippen molar-refractivity contribution in [2.75, 3.05) is 33.2 Å². The molecule has 2 rings (SSSR count). The van der Waals surface area contributed by atoms with E-state index >= 15 is 0 Å². The highest BCUT2D eigenvalue weighted by atomic mass is 16.2. The molecule has 0 saturated carbocycles. The van der Waals surface area contributed by atoms with Crippen LogP contribution in [0.25, 0.3) is 0 Å². The van der Waals surface area contributed by atoms with Crippen LogP contribution < -0.4 is 5.32 Å². The highest BCUT2D eigenvalue weighted by Gasteiger charge is 2.26. The molecule has 1 aromatic carbocycles. The topological polar surface area (TPSA) is 35.6 Å². The zero-order valence-electron chi connectivity index (χ0n) is 14.1. The number of amides is 1. The lowest BCUT2D eigenvalue weighted by atomic mass is 10.0. The van der Waals surface area contributed by atoms with Crippen LogP contribution in [0, 0.1) is 0 Å². The summed E-state index contributed by atoms with van der Waals surface area (Å²) in [5, 5.41) is 3.25. The second-order valence-electron chi connectivity index (χ2n) is 6.28. The molecule has 1 aromatic rings. The van der Waals surface area contributed by atoms with E-state index in [2.05, 4.69) is 41.2 Å². The van der Waals surface area contributed by atoms with E-state index in [1.54, 1.807) is 0 Å². The van der Waals surface area contributed by atoms with Crippen molar-refractivity contribution in [1.29, 1.82) is 0 Å². The molecule has 4 heteroatoms. The quantitative estimate of drug-likeness (QED) is 0.876. The van der Waals surface area contributed by atoms with Crippen LogP contribution in [0.1, 0.15) is 38.3 Å².